The molecule has 1 unspecified atom stereocenters. The highest BCUT2D eigenvalue weighted by molar-refractivity contribution is 6.12. The Morgan fingerprint density at radius 1 is 0.514 bits per heavy atom. The number of anilines is 5. The van der Waals surface area contributed by atoms with Crippen LogP contribution in [0.3, 0.4) is 0 Å². The molecule has 0 radical (unpaired) electrons. The first-order chi connectivity index (χ1) is 33.3. The first kappa shape index (κ1) is 42.4. The molecule has 3 aliphatic carbocycles. The van der Waals surface area contributed by atoms with E-state index in [4.69, 9.17) is 9.15 Å². The molecule has 0 bridgehead atoms. The molecule has 1 aromatic heterocycles. The molecule has 0 saturated heterocycles. The van der Waals surface area contributed by atoms with Gasteiger partial charge in [-0.25, -0.2) is 0 Å². The molecular weight excluding hydrogens is 853 g/mol. The Kier molecular flexibility index (Phi) is 8.27. The number of fused-ring (bicyclic) bond motifs is 13. The monoisotopic (exact) mass is 916 g/mol. The van der Waals surface area contributed by atoms with Crippen LogP contribution in [0.25, 0.3) is 27.6 Å². The fourth-order valence-corrected chi connectivity index (χ4v) is 14.5. The van der Waals surface area contributed by atoms with Crippen molar-refractivity contribution in [2.24, 2.45) is 0 Å². The summed E-state index contributed by atoms with van der Waals surface area (Å²) in [5.41, 5.74) is 25.9. The van der Waals surface area contributed by atoms with E-state index in [1.54, 1.807) is 5.56 Å². The largest absolute Gasteiger partial charge is 0.457 e. The summed E-state index contributed by atoms with van der Waals surface area (Å²) in [6.45, 7) is 26.9. The average Bonchev–Trinajstić information content (AvgIpc) is 3.90. The Morgan fingerprint density at radius 3 is 1.99 bits per heavy atom. The number of furan rings is 1. The van der Waals surface area contributed by atoms with E-state index in [0.717, 1.165) is 51.2 Å². The standard InChI is InChI=1S/C66H64N2O2/c1-37-31-52-58-53(32-37)68(50-20-16-18-41-39-17-12-14-21-54(39)70-61(41)50)51-36-56-49(66(10,11)46-19-13-15-22-55(46)69-56)35-43(51)57(58)44-34-42-40(24-26-47-59(42)65(8,9)30-29-63(47,4)5)60(44)67(52)38-23-25-45-48(33-38)64(6,7)28-27-62(45,2)3/h12-26,31-33,35-36,57H,27-30,34H2,1-11H3. The molecule has 0 fully saturated rings. The second kappa shape index (κ2) is 13.7. The zero-order valence-corrected chi connectivity index (χ0v) is 42.9. The maximum atomic E-state index is 7.04. The van der Waals surface area contributed by atoms with Gasteiger partial charge < -0.3 is 19.0 Å². The first-order valence-corrected chi connectivity index (χ1v) is 26.0. The van der Waals surface area contributed by atoms with Gasteiger partial charge in [-0.15, -0.1) is 0 Å². The minimum atomic E-state index is -0.298. The van der Waals surface area contributed by atoms with Gasteiger partial charge in [-0.1, -0.05) is 136 Å². The van der Waals surface area contributed by atoms with Gasteiger partial charge in [-0.2, -0.15) is 0 Å². The molecule has 350 valence electrons. The van der Waals surface area contributed by atoms with E-state index in [0.29, 0.717) is 0 Å². The van der Waals surface area contributed by atoms with Crippen molar-refractivity contribution in [3.8, 4) is 11.5 Å². The van der Waals surface area contributed by atoms with Gasteiger partial charge in [0, 0.05) is 56.1 Å². The first-order valence-electron chi connectivity index (χ1n) is 26.0. The van der Waals surface area contributed by atoms with Gasteiger partial charge in [0.15, 0.2) is 5.58 Å². The molecule has 4 heteroatoms. The molecule has 0 amide bonds. The third-order valence-corrected chi connectivity index (χ3v) is 18.5. The smallest absolute Gasteiger partial charge is 0.159 e. The second-order valence-electron chi connectivity index (χ2n) is 25.0. The van der Waals surface area contributed by atoms with E-state index >= 15 is 0 Å². The summed E-state index contributed by atoms with van der Waals surface area (Å²) in [5, 5.41) is 2.25. The SMILES string of the molecule is Cc1cc2c3c(c1)N(c1cccc4c1oc1ccccc14)c1cc4c(cc1C3C1=C(c3ccc5c(c3C1)C(C)(C)CCC5(C)C)N2c1ccc2c(c1)C(C)(C)CCC2(C)C)C(C)(C)c1ccccc1O4. The van der Waals surface area contributed by atoms with Gasteiger partial charge in [0.05, 0.1) is 28.4 Å². The Balaban J connectivity index is 1.10. The summed E-state index contributed by atoms with van der Waals surface area (Å²) >= 11 is 0. The third kappa shape index (κ3) is 5.54. The molecule has 0 saturated carbocycles. The van der Waals surface area contributed by atoms with E-state index in [1.165, 1.54) is 110 Å². The fourth-order valence-electron chi connectivity index (χ4n) is 14.5. The lowest BCUT2D eigenvalue weighted by Gasteiger charge is -2.47. The van der Waals surface area contributed by atoms with Crippen LogP contribution < -0.4 is 14.5 Å². The molecule has 6 aliphatic rings. The normalized spacial score (nSPS) is 20.9. The van der Waals surface area contributed by atoms with Crippen LogP contribution in [-0.4, -0.2) is 0 Å². The molecule has 8 aromatic rings. The van der Waals surface area contributed by atoms with Crippen molar-refractivity contribution in [1.82, 2.24) is 0 Å². The number of aryl methyl sites for hydroxylation is 1. The lowest BCUT2D eigenvalue weighted by Crippen LogP contribution is -2.35. The van der Waals surface area contributed by atoms with Crippen LogP contribution in [0, 0.1) is 6.92 Å². The molecule has 3 aliphatic heterocycles. The molecule has 0 spiro atoms. The van der Waals surface area contributed by atoms with E-state index in [2.05, 4.69) is 207 Å². The number of nitrogens with zero attached hydrogens (tertiary/aromatic N) is 2. The molecule has 70 heavy (non-hydrogen) atoms. The fraction of sp³-hybridized carbons (Fsp3) is 0.333. The van der Waals surface area contributed by atoms with Crippen LogP contribution in [0.2, 0.25) is 0 Å². The highest BCUT2D eigenvalue weighted by Gasteiger charge is 2.50. The van der Waals surface area contributed by atoms with Gasteiger partial charge in [-0.05, 0) is 154 Å². The highest BCUT2D eigenvalue weighted by atomic mass is 16.5. The minimum Gasteiger partial charge on any atom is -0.457 e. The van der Waals surface area contributed by atoms with Gasteiger partial charge in [-0.3, -0.25) is 0 Å². The molecule has 4 heterocycles. The van der Waals surface area contributed by atoms with E-state index in [1.807, 2.05) is 0 Å². The van der Waals surface area contributed by atoms with Crippen molar-refractivity contribution in [3.05, 3.63) is 188 Å². The molecule has 4 nitrogen and oxygen atoms in total. The maximum Gasteiger partial charge on any atom is 0.159 e. The van der Waals surface area contributed by atoms with Crippen molar-refractivity contribution in [3.63, 3.8) is 0 Å². The number of allylic oxidation sites excluding steroid dienone is 1. The van der Waals surface area contributed by atoms with Crippen molar-refractivity contribution < 1.29 is 9.15 Å². The van der Waals surface area contributed by atoms with Gasteiger partial charge in [0.25, 0.3) is 0 Å². The number of hydrogen-bond donors (Lipinski definition) is 0. The number of hydrogen-bond acceptors (Lipinski definition) is 4. The van der Waals surface area contributed by atoms with Crippen LogP contribution in [0.1, 0.15) is 162 Å². The lowest BCUT2D eigenvalue weighted by atomic mass is 9.61. The van der Waals surface area contributed by atoms with E-state index in [-0.39, 0.29) is 33.0 Å². The average molecular weight is 917 g/mol. The Morgan fingerprint density at radius 2 is 1.19 bits per heavy atom. The van der Waals surface area contributed by atoms with Gasteiger partial charge >= 0.3 is 0 Å². The van der Waals surface area contributed by atoms with Crippen molar-refractivity contribution in [2.45, 2.75) is 141 Å². The molecule has 14 rings (SSSR count). The lowest BCUT2D eigenvalue weighted by molar-refractivity contribution is 0.330. The predicted molar refractivity (Wildman–Crippen MR) is 290 cm³/mol. The Hall–Kier alpha value is -6.52. The van der Waals surface area contributed by atoms with Crippen molar-refractivity contribution in [1.29, 1.82) is 0 Å². The van der Waals surface area contributed by atoms with E-state index < -0.39 is 0 Å². The molecular formula is C66H64N2O2. The topological polar surface area (TPSA) is 28.9 Å². The zero-order chi connectivity index (χ0) is 48.2. The van der Waals surface area contributed by atoms with Crippen LogP contribution in [0.4, 0.5) is 28.4 Å². The molecule has 0 N–H and O–H groups in total. The second-order valence-corrected chi connectivity index (χ2v) is 25.0. The summed E-state index contributed by atoms with van der Waals surface area (Å²) in [6.07, 6.45) is 5.63. The summed E-state index contributed by atoms with van der Waals surface area (Å²) in [6, 6.07) is 46.3. The van der Waals surface area contributed by atoms with Gasteiger partial charge in [0.2, 0.25) is 0 Å². The zero-order valence-electron chi connectivity index (χ0n) is 42.9. The van der Waals surface area contributed by atoms with Crippen LogP contribution in [-0.2, 0) is 33.5 Å². The third-order valence-electron chi connectivity index (χ3n) is 18.5. The van der Waals surface area contributed by atoms with Crippen molar-refractivity contribution >= 4 is 56.1 Å². The quantitative estimate of drug-likeness (QED) is 0.173. The number of ether oxygens (including phenoxy) is 1. The Bertz CT molecular complexity index is 3680. The van der Waals surface area contributed by atoms with Crippen LogP contribution in [0.15, 0.2) is 131 Å². The number of rotatable bonds is 2. The Labute approximate surface area is 414 Å². The number of benzene rings is 7. The van der Waals surface area contributed by atoms with Crippen LogP contribution in [0.5, 0.6) is 11.5 Å². The van der Waals surface area contributed by atoms with Crippen LogP contribution >= 0.6 is 0 Å². The molecule has 1 atom stereocenters. The predicted octanol–water partition coefficient (Wildman–Crippen LogP) is 18.1. The van der Waals surface area contributed by atoms with E-state index in [9.17, 15) is 0 Å². The minimum absolute atomic E-state index is 0.00740. The van der Waals surface area contributed by atoms with Gasteiger partial charge in [0.1, 0.15) is 17.1 Å². The maximum absolute atomic E-state index is 7.04. The highest BCUT2D eigenvalue weighted by Crippen LogP contribution is 2.66. The summed E-state index contributed by atoms with van der Waals surface area (Å²) in [7, 11) is 0. The summed E-state index contributed by atoms with van der Waals surface area (Å²) in [4.78, 5) is 5.26. The molecule has 7 aromatic carbocycles. The summed E-state index contributed by atoms with van der Waals surface area (Å²) < 4.78 is 14.0. The summed E-state index contributed by atoms with van der Waals surface area (Å²) in [5.74, 6) is 1.84. The van der Waals surface area contributed by atoms with Crippen molar-refractivity contribution in [2.75, 3.05) is 9.80 Å². The number of para-hydroxylation sites is 3.